The van der Waals surface area contributed by atoms with Crippen LogP contribution in [-0.2, 0) is 9.59 Å². The van der Waals surface area contributed by atoms with Crippen molar-refractivity contribution in [3.8, 4) is 11.5 Å². The summed E-state index contributed by atoms with van der Waals surface area (Å²) in [5.74, 6) is -0.0107. The van der Waals surface area contributed by atoms with Crippen LogP contribution in [0.2, 0.25) is 0 Å². The predicted octanol–water partition coefficient (Wildman–Crippen LogP) is 5.66. The molecular weight excluding hydrogens is 480 g/mol. The molecule has 1 unspecified atom stereocenters. The van der Waals surface area contributed by atoms with Crippen LogP contribution in [0.1, 0.15) is 49.4 Å². The number of carbonyl (C=O) groups excluding carboxylic acids is 2. The molecule has 2 heterocycles. The Hall–Kier alpha value is -4.26. The van der Waals surface area contributed by atoms with Gasteiger partial charge in [-0.3, -0.25) is 14.5 Å². The van der Waals surface area contributed by atoms with Crippen molar-refractivity contribution in [3.63, 3.8) is 0 Å². The van der Waals surface area contributed by atoms with E-state index < -0.39 is 17.7 Å². The molecule has 0 bridgehead atoms. The van der Waals surface area contributed by atoms with E-state index in [-0.39, 0.29) is 11.3 Å². The highest BCUT2D eigenvalue weighted by molar-refractivity contribution is 6.51. The van der Waals surface area contributed by atoms with Gasteiger partial charge in [-0.25, -0.2) is 0 Å². The standard InChI is InChI=1S/C31H32N2O5/c1-5-37-24-8-6-7-23(18-24)33-28(21-11-9-20(10-12-21)19(2)3)27(30(35)31(33)36)29(34)22-13-14-26-25(17-22)32(4)15-16-38-26/h6-14,17-19,28,34H,5,15-16H2,1-4H3/b29-27-. The van der Waals surface area contributed by atoms with Gasteiger partial charge in [0, 0.05) is 24.4 Å². The predicted molar refractivity (Wildman–Crippen MR) is 148 cm³/mol. The molecule has 2 aliphatic rings. The maximum Gasteiger partial charge on any atom is 0.300 e. The number of Topliss-reactive ketones (excluding diaryl/α,β-unsaturated/α-hetero) is 1. The van der Waals surface area contributed by atoms with E-state index in [2.05, 4.69) is 13.8 Å². The molecule has 1 N–H and O–H groups in total. The van der Waals surface area contributed by atoms with Crippen LogP contribution < -0.4 is 19.3 Å². The van der Waals surface area contributed by atoms with E-state index in [1.807, 2.05) is 49.2 Å². The van der Waals surface area contributed by atoms with Crippen molar-refractivity contribution in [2.45, 2.75) is 32.7 Å². The first-order valence-electron chi connectivity index (χ1n) is 12.9. The van der Waals surface area contributed by atoms with Gasteiger partial charge >= 0.3 is 0 Å². The van der Waals surface area contributed by atoms with Gasteiger partial charge in [0.2, 0.25) is 0 Å². The van der Waals surface area contributed by atoms with Crippen LogP contribution in [0.25, 0.3) is 5.76 Å². The maximum atomic E-state index is 13.6. The van der Waals surface area contributed by atoms with Crippen molar-refractivity contribution in [2.24, 2.45) is 0 Å². The summed E-state index contributed by atoms with van der Waals surface area (Å²) in [6.45, 7) is 7.86. The molecule has 196 valence electrons. The fourth-order valence-electron chi connectivity index (χ4n) is 5.02. The van der Waals surface area contributed by atoms with Crippen LogP contribution in [0.5, 0.6) is 11.5 Å². The number of ether oxygens (including phenoxy) is 2. The molecular formula is C31H32N2O5. The van der Waals surface area contributed by atoms with Crippen LogP contribution in [0.3, 0.4) is 0 Å². The molecule has 0 saturated carbocycles. The molecule has 1 amide bonds. The molecule has 5 rings (SSSR count). The summed E-state index contributed by atoms with van der Waals surface area (Å²) < 4.78 is 11.4. The highest BCUT2D eigenvalue weighted by atomic mass is 16.5. The number of nitrogens with zero attached hydrogens (tertiary/aromatic N) is 2. The monoisotopic (exact) mass is 512 g/mol. The van der Waals surface area contributed by atoms with Crippen molar-refractivity contribution in [1.29, 1.82) is 0 Å². The zero-order chi connectivity index (χ0) is 27.0. The van der Waals surface area contributed by atoms with E-state index in [4.69, 9.17) is 9.47 Å². The van der Waals surface area contributed by atoms with E-state index in [1.54, 1.807) is 36.4 Å². The Bertz CT molecular complexity index is 1410. The zero-order valence-corrected chi connectivity index (χ0v) is 22.1. The van der Waals surface area contributed by atoms with Gasteiger partial charge in [-0.05, 0) is 54.3 Å². The second kappa shape index (κ2) is 10.2. The first-order valence-corrected chi connectivity index (χ1v) is 12.9. The molecule has 2 aliphatic heterocycles. The quantitative estimate of drug-likeness (QED) is 0.261. The van der Waals surface area contributed by atoms with Gasteiger partial charge in [-0.1, -0.05) is 44.2 Å². The second-order valence-corrected chi connectivity index (χ2v) is 9.87. The second-order valence-electron chi connectivity index (χ2n) is 9.87. The molecule has 38 heavy (non-hydrogen) atoms. The van der Waals surface area contributed by atoms with E-state index in [9.17, 15) is 14.7 Å². The molecule has 3 aromatic carbocycles. The van der Waals surface area contributed by atoms with Crippen LogP contribution >= 0.6 is 0 Å². The molecule has 1 saturated heterocycles. The van der Waals surface area contributed by atoms with E-state index in [1.165, 1.54) is 4.90 Å². The number of fused-ring (bicyclic) bond motifs is 1. The van der Waals surface area contributed by atoms with E-state index in [0.29, 0.717) is 48.4 Å². The van der Waals surface area contributed by atoms with Gasteiger partial charge in [-0.2, -0.15) is 0 Å². The number of rotatable bonds is 6. The number of anilines is 2. The van der Waals surface area contributed by atoms with Gasteiger partial charge < -0.3 is 19.5 Å². The molecule has 1 fully saturated rings. The topological polar surface area (TPSA) is 79.3 Å². The van der Waals surface area contributed by atoms with Crippen molar-refractivity contribution in [2.75, 3.05) is 36.6 Å². The summed E-state index contributed by atoms with van der Waals surface area (Å²) in [7, 11) is 1.95. The van der Waals surface area contributed by atoms with E-state index in [0.717, 1.165) is 16.8 Å². The van der Waals surface area contributed by atoms with Crippen molar-refractivity contribution in [3.05, 3.63) is 89.0 Å². The summed E-state index contributed by atoms with van der Waals surface area (Å²) in [4.78, 5) is 30.6. The number of ketones is 1. The fraction of sp³-hybridized carbons (Fsp3) is 0.290. The van der Waals surface area contributed by atoms with Crippen LogP contribution in [-0.4, -0.2) is 43.6 Å². The molecule has 3 aromatic rings. The largest absolute Gasteiger partial charge is 0.507 e. The Labute approximate surface area is 222 Å². The summed E-state index contributed by atoms with van der Waals surface area (Å²) >= 11 is 0. The Morgan fingerprint density at radius 1 is 1.08 bits per heavy atom. The average molecular weight is 513 g/mol. The van der Waals surface area contributed by atoms with Crippen LogP contribution in [0, 0.1) is 0 Å². The number of likely N-dealkylation sites (N-methyl/N-ethyl adjacent to an activating group) is 1. The number of hydrogen-bond donors (Lipinski definition) is 1. The van der Waals surface area contributed by atoms with Gasteiger partial charge in [0.05, 0.1) is 30.5 Å². The first-order chi connectivity index (χ1) is 18.3. The van der Waals surface area contributed by atoms with Gasteiger partial charge in [0.25, 0.3) is 11.7 Å². The third kappa shape index (κ3) is 4.49. The van der Waals surface area contributed by atoms with Crippen LogP contribution in [0.15, 0.2) is 72.3 Å². The lowest BCUT2D eigenvalue weighted by Gasteiger charge is -2.28. The molecule has 1 atom stereocenters. The van der Waals surface area contributed by atoms with Gasteiger partial charge in [-0.15, -0.1) is 0 Å². The summed E-state index contributed by atoms with van der Waals surface area (Å²) in [6, 6.07) is 19.5. The normalized spacial score (nSPS) is 18.5. The third-order valence-electron chi connectivity index (χ3n) is 7.10. The highest BCUT2D eigenvalue weighted by Crippen LogP contribution is 2.44. The average Bonchev–Trinajstić information content (AvgIpc) is 3.19. The zero-order valence-electron chi connectivity index (χ0n) is 22.1. The molecule has 0 aliphatic carbocycles. The summed E-state index contributed by atoms with van der Waals surface area (Å²) in [5.41, 5.74) is 3.71. The van der Waals surface area contributed by atoms with E-state index >= 15 is 0 Å². The minimum atomic E-state index is -0.807. The van der Waals surface area contributed by atoms with Gasteiger partial charge in [0.1, 0.15) is 23.9 Å². The first kappa shape index (κ1) is 25.4. The number of benzene rings is 3. The lowest BCUT2D eigenvalue weighted by molar-refractivity contribution is -0.132. The smallest absolute Gasteiger partial charge is 0.300 e. The molecule has 7 heteroatoms. The SMILES string of the molecule is CCOc1cccc(N2C(=O)C(=O)/C(=C(\O)c3ccc4c(c3)N(C)CCO4)C2c2ccc(C(C)C)cc2)c1. The maximum absolute atomic E-state index is 13.6. The Balaban J connectivity index is 1.68. The lowest BCUT2D eigenvalue weighted by Crippen LogP contribution is -2.29. The lowest BCUT2D eigenvalue weighted by atomic mass is 9.93. The summed E-state index contributed by atoms with van der Waals surface area (Å²) in [5, 5.41) is 11.6. The molecule has 0 radical (unpaired) electrons. The fourth-order valence-corrected chi connectivity index (χ4v) is 5.02. The molecule has 7 nitrogen and oxygen atoms in total. The highest BCUT2D eigenvalue weighted by Gasteiger charge is 2.47. The van der Waals surface area contributed by atoms with Gasteiger partial charge in [0.15, 0.2) is 0 Å². The summed E-state index contributed by atoms with van der Waals surface area (Å²) in [6.07, 6.45) is 0. The van der Waals surface area contributed by atoms with Crippen LogP contribution in [0.4, 0.5) is 11.4 Å². The van der Waals surface area contributed by atoms with Crippen molar-refractivity contribution >= 4 is 28.8 Å². The number of carbonyl (C=O) groups is 2. The molecule has 0 aromatic heterocycles. The number of hydrogen-bond acceptors (Lipinski definition) is 6. The van der Waals surface area contributed by atoms with Crippen molar-refractivity contribution in [1.82, 2.24) is 0 Å². The number of aliphatic hydroxyl groups is 1. The number of amides is 1. The Morgan fingerprint density at radius 3 is 2.55 bits per heavy atom. The Kier molecular flexibility index (Phi) is 6.85. The molecule has 0 spiro atoms. The number of aliphatic hydroxyl groups excluding tert-OH is 1. The minimum Gasteiger partial charge on any atom is -0.507 e. The Morgan fingerprint density at radius 2 is 1.84 bits per heavy atom. The van der Waals surface area contributed by atoms with Crippen molar-refractivity contribution < 1.29 is 24.2 Å². The third-order valence-corrected chi connectivity index (χ3v) is 7.10. The minimum absolute atomic E-state index is 0.0495.